The summed E-state index contributed by atoms with van der Waals surface area (Å²) >= 11 is 0. The van der Waals surface area contributed by atoms with Crippen LogP contribution >= 0.6 is 0 Å². The molecule has 1 aromatic heterocycles. The molecule has 29 heavy (non-hydrogen) atoms. The van der Waals surface area contributed by atoms with E-state index in [1.165, 1.54) is 0 Å². The number of terminal acetylenes is 1. The molecule has 1 aliphatic rings. The summed E-state index contributed by atoms with van der Waals surface area (Å²) in [5, 5.41) is 7.73. The largest absolute Gasteiger partial charge is 0.367 e. The molecule has 0 aliphatic carbocycles. The van der Waals surface area contributed by atoms with E-state index in [2.05, 4.69) is 33.4 Å². The van der Waals surface area contributed by atoms with E-state index in [1.54, 1.807) is 11.9 Å². The Labute approximate surface area is 173 Å². The molecule has 2 heterocycles. The van der Waals surface area contributed by atoms with Gasteiger partial charge in [0.15, 0.2) is 5.76 Å². The highest BCUT2D eigenvalue weighted by atomic mass is 16.5. The molecule has 6 nitrogen and oxygen atoms in total. The first-order valence-corrected chi connectivity index (χ1v) is 10.2. The number of piperidine rings is 1. The number of rotatable bonds is 8. The molecule has 1 N–H and O–H groups in total. The Bertz CT molecular complexity index is 827. The number of nitrogens with one attached hydrogen (secondary N) is 1. The van der Waals surface area contributed by atoms with Crippen LogP contribution < -0.4 is 10.2 Å². The molecular formula is C23H30N4O2. The average Bonchev–Trinajstić information content (AvgIpc) is 3.17. The third-order valence-electron chi connectivity index (χ3n) is 5.63. The van der Waals surface area contributed by atoms with Gasteiger partial charge in [0.05, 0.1) is 18.8 Å². The minimum absolute atomic E-state index is 0.116. The Morgan fingerprint density at radius 2 is 2.10 bits per heavy atom. The zero-order chi connectivity index (χ0) is 20.6. The van der Waals surface area contributed by atoms with Crippen LogP contribution in [0.15, 0.2) is 40.9 Å². The molecule has 2 unspecified atom stereocenters. The highest BCUT2D eigenvalue weighted by molar-refractivity contribution is 5.76. The van der Waals surface area contributed by atoms with Crippen LogP contribution in [0.1, 0.15) is 24.3 Å². The number of benzene rings is 1. The summed E-state index contributed by atoms with van der Waals surface area (Å²) in [5.74, 6) is 4.18. The second-order valence-corrected chi connectivity index (χ2v) is 7.85. The Hall–Kier alpha value is -2.78. The van der Waals surface area contributed by atoms with Crippen molar-refractivity contribution >= 4 is 11.6 Å². The molecule has 0 radical (unpaired) electrons. The normalized spacial score (nSPS) is 18.8. The summed E-state index contributed by atoms with van der Waals surface area (Å²) in [6.45, 7) is 2.86. The van der Waals surface area contributed by atoms with E-state index in [9.17, 15) is 4.79 Å². The molecular weight excluding hydrogens is 364 g/mol. The van der Waals surface area contributed by atoms with E-state index < -0.39 is 0 Å². The maximum Gasteiger partial charge on any atom is 0.223 e. The van der Waals surface area contributed by atoms with Crippen molar-refractivity contribution in [2.24, 2.45) is 11.8 Å². The van der Waals surface area contributed by atoms with Crippen molar-refractivity contribution in [3.05, 3.63) is 47.9 Å². The van der Waals surface area contributed by atoms with Gasteiger partial charge in [0.1, 0.15) is 0 Å². The first kappa shape index (κ1) is 20.9. The Morgan fingerprint density at radius 1 is 1.31 bits per heavy atom. The van der Waals surface area contributed by atoms with Crippen molar-refractivity contribution in [2.45, 2.75) is 25.8 Å². The Morgan fingerprint density at radius 3 is 2.86 bits per heavy atom. The number of nitrogens with zero attached hydrogens (tertiary/aromatic N) is 3. The number of amides is 1. The Kier molecular flexibility index (Phi) is 7.31. The number of hydrogen-bond donors (Lipinski definition) is 1. The molecule has 2 aromatic rings. The lowest BCUT2D eigenvalue weighted by atomic mass is 9.81. The van der Waals surface area contributed by atoms with Gasteiger partial charge in [-0.3, -0.25) is 4.79 Å². The highest BCUT2D eigenvalue weighted by Crippen LogP contribution is 2.27. The van der Waals surface area contributed by atoms with E-state index >= 15 is 0 Å². The zero-order valence-corrected chi connectivity index (χ0v) is 17.3. The van der Waals surface area contributed by atoms with Gasteiger partial charge in [-0.05, 0) is 49.9 Å². The number of carbonyl (C=O) groups excluding carboxylic acids is 1. The molecule has 1 aromatic carbocycles. The fourth-order valence-electron chi connectivity index (χ4n) is 3.89. The molecule has 2 atom stereocenters. The van der Waals surface area contributed by atoms with Gasteiger partial charge in [0, 0.05) is 32.3 Å². The molecule has 154 valence electrons. The smallest absolute Gasteiger partial charge is 0.223 e. The number of anilines is 1. The highest BCUT2D eigenvalue weighted by Gasteiger charge is 2.29. The van der Waals surface area contributed by atoms with Crippen LogP contribution in [0.2, 0.25) is 0 Å². The first-order chi connectivity index (χ1) is 14.1. The van der Waals surface area contributed by atoms with Gasteiger partial charge in [-0.1, -0.05) is 29.3 Å². The fraction of sp³-hybridized carbons (Fsp3) is 0.478. The molecule has 1 aliphatic heterocycles. The second-order valence-electron chi connectivity index (χ2n) is 7.85. The van der Waals surface area contributed by atoms with Crippen molar-refractivity contribution in [2.75, 3.05) is 38.6 Å². The molecule has 6 heteroatoms. The fourth-order valence-corrected chi connectivity index (χ4v) is 3.89. The number of carbonyl (C=O) groups is 1. The van der Waals surface area contributed by atoms with Gasteiger partial charge in [-0.2, -0.15) is 0 Å². The summed E-state index contributed by atoms with van der Waals surface area (Å²) in [7, 11) is 3.81. The molecule has 0 bridgehead atoms. The zero-order valence-electron chi connectivity index (χ0n) is 17.3. The molecule has 1 fully saturated rings. The topological polar surface area (TPSA) is 61.6 Å². The van der Waals surface area contributed by atoms with Crippen LogP contribution in [0, 0.1) is 24.2 Å². The van der Waals surface area contributed by atoms with Crippen molar-refractivity contribution < 1.29 is 9.32 Å². The van der Waals surface area contributed by atoms with E-state index in [-0.39, 0.29) is 5.91 Å². The molecule has 1 saturated heterocycles. The molecule has 3 rings (SSSR count). The lowest BCUT2D eigenvalue weighted by Crippen LogP contribution is -2.40. The van der Waals surface area contributed by atoms with E-state index in [4.69, 9.17) is 10.9 Å². The van der Waals surface area contributed by atoms with Gasteiger partial charge in [0.25, 0.3) is 0 Å². The summed E-state index contributed by atoms with van der Waals surface area (Å²) in [6, 6.07) is 12.2. The van der Waals surface area contributed by atoms with E-state index in [1.807, 2.05) is 31.3 Å². The predicted molar refractivity (Wildman–Crippen MR) is 114 cm³/mol. The van der Waals surface area contributed by atoms with Crippen molar-refractivity contribution in [3.63, 3.8) is 0 Å². The average molecular weight is 395 g/mol. The van der Waals surface area contributed by atoms with Crippen molar-refractivity contribution in [3.8, 4) is 12.3 Å². The minimum Gasteiger partial charge on any atom is -0.367 e. The summed E-state index contributed by atoms with van der Waals surface area (Å²) in [6.07, 6.45) is 7.66. The van der Waals surface area contributed by atoms with E-state index in [0.717, 1.165) is 43.1 Å². The Balaban J connectivity index is 1.58. The van der Waals surface area contributed by atoms with Gasteiger partial charge in [-0.25, -0.2) is 0 Å². The van der Waals surface area contributed by atoms with Crippen LogP contribution in [-0.2, 0) is 17.8 Å². The van der Waals surface area contributed by atoms with Gasteiger partial charge in [-0.15, -0.1) is 6.42 Å². The van der Waals surface area contributed by atoms with Crippen molar-refractivity contribution in [1.82, 2.24) is 15.4 Å². The maximum absolute atomic E-state index is 12.4. The second kappa shape index (κ2) is 10.1. The van der Waals surface area contributed by atoms with Gasteiger partial charge in [0.2, 0.25) is 5.91 Å². The van der Waals surface area contributed by atoms with Gasteiger partial charge < -0.3 is 19.6 Å². The third-order valence-corrected chi connectivity index (χ3v) is 5.63. The summed E-state index contributed by atoms with van der Waals surface area (Å²) in [5.41, 5.74) is 2.08. The molecule has 0 saturated carbocycles. The monoisotopic (exact) mass is 394 g/mol. The number of aromatic nitrogens is 1. The van der Waals surface area contributed by atoms with Crippen LogP contribution in [0.25, 0.3) is 0 Å². The van der Waals surface area contributed by atoms with Crippen LogP contribution in [0.5, 0.6) is 0 Å². The number of para-hydroxylation sites is 1. The maximum atomic E-state index is 12.4. The number of hydrogen-bond acceptors (Lipinski definition) is 5. The summed E-state index contributed by atoms with van der Waals surface area (Å²) in [4.78, 5) is 16.2. The quantitative estimate of drug-likeness (QED) is 0.698. The molecule has 0 spiro atoms. The van der Waals surface area contributed by atoms with Crippen molar-refractivity contribution in [1.29, 1.82) is 0 Å². The SMILES string of the molecule is C#CCN(C)C(=O)CC1CCNCC1Cc1cc(CN(C)c2ccccc2)on1. The predicted octanol–water partition coefficient (Wildman–Crippen LogP) is 2.56. The lowest BCUT2D eigenvalue weighted by Gasteiger charge is -2.32. The summed E-state index contributed by atoms with van der Waals surface area (Å²) < 4.78 is 5.58. The van der Waals surface area contributed by atoms with Crippen LogP contribution in [-0.4, -0.2) is 49.7 Å². The molecule has 1 amide bonds. The van der Waals surface area contributed by atoms with Crippen LogP contribution in [0.3, 0.4) is 0 Å². The minimum atomic E-state index is 0.116. The van der Waals surface area contributed by atoms with Crippen LogP contribution in [0.4, 0.5) is 5.69 Å². The van der Waals surface area contributed by atoms with Gasteiger partial charge >= 0.3 is 0 Å². The standard InChI is InChI=1S/C23H30N4O2/c1-4-12-26(2)23(28)14-18-10-11-24-16-19(18)13-20-15-22(29-25-20)17-27(3)21-8-6-5-7-9-21/h1,5-9,15,18-19,24H,10-14,16-17H2,2-3H3. The lowest BCUT2D eigenvalue weighted by molar-refractivity contribution is -0.131. The first-order valence-electron chi connectivity index (χ1n) is 10.2. The third kappa shape index (κ3) is 5.85. The van der Waals surface area contributed by atoms with E-state index in [0.29, 0.717) is 31.3 Å².